The Balaban J connectivity index is 1.91. The van der Waals surface area contributed by atoms with Crippen LogP contribution >= 0.6 is 0 Å². The molecule has 0 bridgehead atoms. The van der Waals surface area contributed by atoms with Crippen LogP contribution < -0.4 is 21.9 Å². The minimum absolute atomic E-state index is 0.00142. The Morgan fingerprint density at radius 3 is 2.75 bits per heavy atom. The van der Waals surface area contributed by atoms with Gasteiger partial charge in [-0.25, -0.2) is 4.79 Å². The molecule has 0 aliphatic carbocycles. The summed E-state index contributed by atoms with van der Waals surface area (Å²) in [6.45, 7) is 4.30. The Morgan fingerprint density at radius 2 is 2.06 bits per heavy atom. The molecule has 0 unspecified atom stereocenters. The third-order valence-corrected chi connectivity index (χ3v) is 4.95. The summed E-state index contributed by atoms with van der Waals surface area (Å²) in [5.41, 5.74) is 4.79. The van der Waals surface area contributed by atoms with Crippen LogP contribution in [0, 0.1) is 0 Å². The first-order valence-electron chi connectivity index (χ1n) is 10.7. The van der Waals surface area contributed by atoms with Crippen molar-refractivity contribution >= 4 is 17.4 Å². The van der Waals surface area contributed by atoms with E-state index in [2.05, 4.69) is 15.1 Å². The minimum Gasteiger partial charge on any atom is -0.467 e. The van der Waals surface area contributed by atoms with Crippen LogP contribution in [0.25, 0.3) is 0 Å². The molecule has 32 heavy (non-hydrogen) atoms. The summed E-state index contributed by atoms with van der Waals surface area (Å²) in [7, 11) is 0. The van der Waals surface area contributed by atoms with Crippen molar-refractivity contribution in [1.29, 1.82) is 0 Å². The summed E-state index contributed by atoms with van der Waals surface area (Å²) >= 11 is 0. The van der Waals surface area contributed by atoms with Crippen LogP contribution in [-0.2, 0) is 30.7 Å². The van der Waals surface area contributed by atoms with Gasteiger partial charge >= 0.3 is 5.69 Å². The van der Waals surface area contributed by atoms with Crippen molar-refractivity contribution < 1.29 is 13.7 Å². The fourth-order valence-electron chi connectivity index (χ4n) is 3.29. The number of hydrogen-bond acceptors (Lipinski definition) is 8. The molecule has 1 amide bonds. The quantitative estimate of drug-likeness (QED) is 0.455. The van der Waals surface area contributed by atoms with Gasteiger partial charge in [-0.15, -0.1) is 0 Å². The summed E-state index contributed by atoms with van der Waals surface area (Å²) in [5.74, 6) is 0.941. The SMILES string of the molecule is CCCCn1c(N)c(N(Cc2ccco2)C(=O)CCc2nc(CCC)no2)c(=O)[nH]c1=O. The number of furan rings is 1. The number of aromatic nitrogens is 4. The molecule has 0 atom stereocenters. The zero-order valence-corrected chi connectivity index (χ0v) is 18.3. The molecule has 0 aliphatic rings. The summed E-state index contributed by atoms with van der Waals surface area (Å²) in [4.78, 5) is 45.9. The molecule has 0 aliphatic heterocycles. The lowest BCUT2D eigenvalue weighted by atomic mass is 10.2. The lowest BCUT2D eigenvalue weighted by molar-refractivity contribution is -0.118. The molecular formula is C21H28N6O5. The van der Waals surface area contributed by atoms with Crippen molar-refractivity contribution in [3.8, 4) is 0 Å². The van der Waals surface area contributed by atoms with E-state index in [4.69, 9.17) is 14.7 Å². The van der Waals surface area contributed by atoms with Crippen molar-refractivity contribution in [3.05, 3.63) is 56.7 Å². The van der Waals surface area contributed by atoms with Gasteiger partial charge in [0.25, 0.3) is 5.56 Å². The Kier molecular flexibility index (Phi) is 7.63. The first-order valence-corrected chi connectivity index (χ1v) is 10.7. The van der Waals surface area contributed by atoms with Gasteiger partial charge < -0.3 is 14.7 Å². The van der Waals surface area contributed by atoms with Gasteiger partial charge in [0.1, 0.15) is 11.6 Å². The van der Waals surface area contributed by atoms with Gasteiger partial charge in [0.2, 0.25) is 11.8 Å². The van der Waals surface area contributed by atoms with Crippen LogP contribution in [0.4, 0.5) is 11.5 Å². The van der Waals surface area contributed by atoms with E-state index in [1.165, 1.54) is 15.7 Å². The summed E-state index contributed by atoms with van der Waals surface area (Å²) in [5, 5.41) is 3.89. The molecule has 0 spiro atoms. The van der Waals surface area contributed by atoms with E-state index in [-0.39, 0.29) is 30.9 Å². The van der Waals surface area contributed by atoms with E-state index in [1.807, 2.05) is 13.8 Å². The zero-order chi connectivity index (χ0) is 23.1. The van der Waals surface area contributed by atoms with Crippen molar-refractivity contribution in [2.75, 3.05) is 10.6 Å². The molecule has 0 fully saturated rings. The number of amides is 1. The van der Waals surface area contributed by atoms with E-state index >= 15 is 0 Å². The monoisotopic (exact) mass is 444 g/mol. The number of nitrogens with zero attached hydrogens (tertiary/aromatic N) is 4. The van der Waals surface area contributed by atoms with Crippen LogP contribution in [0.15, 0.2) is 36.9 Å². The van der Waals surface area contributed by atoms with E-state index in [0.717, 1.165) is 12.8 Å². The number of nitrogen functional groups attached to an aromatic ring is 1. The van der Waals surface area contributed by atoms with E-state index in [9.17, 15) is 14.4 Å². The molecule has 3 aromatic heterocycles. The van der Waals surface area contributed by atoms with E-state index in [0.29, 0.717) is 36.9 Å². The lowest BCUT2D eigenvalue weighted by Crippen LogP contribution is -2.41. The number of nitrogens with two attached hydrogens (primary N) is 1. The predicted molar refractivity (Wildman–Crippen MR) is 117 cm³/mol. The highest BCUT2D eigenvalue weighted by Gasteiger charge is 2.25. The molecule has 11 nitrogen and oxygen atoms in total. The number of nitrogens with one attached hydrogen (secondary N) is 1. The maximum atomic E-state index is 13.2. The van der Waals surface area contributed by atoms with E-state index in [1.54, 1.807) is 12.1 Å². The summed E-state index contributed by atoms with van der Waals surface area (Å²) in [6.07, 6.45) is 4.77. The van der Waals surface area contributed by atoms with Gasteiger partial charge in [-0.1, -0.05) is 25.4 Å². The number of hydrogen-bond donors (Lipinski definition) is 2. The van der Waals surface area contributed by atoms with Crippen molar-refractivity contribution in [2.45, 2.75) is 65.5 Å². The first kappa shape index (κ1) is 23.0. The Bertz CT molecular complexity index is 1140. The highest BCUT2D eigenvalue weighted by molar-refractivity contribution is 5.95. The largest absolute Gasteiger partial charge is 0.467 e. The van der Waals surface area contributed by atoms with Crippen LogP contribution in [0.5, 0.6) is 0 Å². The summed E-state index contributed by atoms with van der Waals surface area (Å²) < 4.78 is 11.8. The van der Waals surface area contributed by atoms with Gasteiger partial charge in [-0.3, -0.25) is 24.0 Å². The number of rotatable bonds is 11. The number of carbonyl (C=O) groups excluding carboxylic acids is 1. The topological polar surface area (TPSA) is 153 Å². The smallest absolute Gasteiger partial charge is 0.330 e. The molecule has 3 heterocycles. The number of aromatic amines is 1. The second-order valence-corrected chi connectivity index (χ2v) is 7.41. The average Bonchev–Trinajstić information content (AvgIpc) is 3.43. The molecule has 0 radical (unpaired) electrons. The third-order valence-electron chi connectivity index (χ3n) is 4.95. The van der Waals surface area contributed by atoms with E-state index < -0.39 is 17.2 Å². The van der Waals surface area contributed by atoms with Gasteiger partial charge in [0.05, 0.1) is 12.8 Å². The van der Waals surface area contributed by atoms with Gasteiger partial charge in [0, 0.05) is 25.8 Å². The summed E-state index contributed by atoms with van der Waals surface area (Å²) in [6, 6.07) is 3.37. The average molecular weight is 444 g/mol. The maximum absolute atomic E-state index is 13.2. The number of unbranched alkanes of at least 4 members (excludes halogenated alkanes) is 1. The molecule has 11 heteroatoms. The van der Waals surface area contributed by atoms with Crippen LogP contribution in [0.1, 0.15) is 57.0 Å². The first-order chi connectivity index (χ1) is 15.4. The second-order valence-electron chi connectivity index (χ2n) is 7.41. The fourth-order valence-corrected chi connectivity index (χ4v) is 3.29. The van der Waals surface area contributed by atoms with Gasteiger partial charge in [-0.05, 0) is 25.0 Å². The van der Waals surface area contributed by atoms with Crippen LogP contribution in [-0.4, -0.2) is 25.6 Å². The highest BCUT2D eigenvalue weighted by Crippen LogP contribution is 2.21. The zero-order valence-electron chi connectivity index (χ0n) is 18.3. The molecule has 3 rings (SSSR count). The Hall–Kier alpha value is -3.63. The molecular weight excluding hydrogens is 416 g/mol. The van der Waals surface area contributed by atoms with Crippen molar-refractivity contribution in [3.63, 3.8) is 0 Å². The fraction of sp³-hybridized carbons (Fsp3) is 0.476. The lowest BCUT2D eigenvalue weighted by Gasteiger charge is -2.23. The highest BCUT2D eigenvalue weighted by atomic mass is 16.5. The predicted octanol–water partition coefficient (Wildman–Crippen LogP) is 2.01. The third kappa shape index (κ3) is 5.34. The second kappa shape index (κ2) is 10.6. The van der Waals surface area contributed by atoms with Crippen LogP contribution in [0.3, 0.4) is 0 Å². The number of anilines is 2. The molecule has 172 valence electrons. The Morgan fingerprint density at radius 1 is 1.25 bits per heavy atom. The number of aryl methyl sites for hydroxylation is 2. The van der Waals surface area contributed by atoms with Gasteiger partial charge in [0.15, 0.2) is 11.5 Å². The minimum atomic E-state index is -0.733. The molecule has 0 saturated carbocycles. The number of H-pyrrole nitrogens is 1. The Labute approximate surface area is 184 Å². The van der Waals surface area contributed by atoms with Crippen molar-refractivity contribution in [1.82, 2.24) is 19.7 Å². The number of carbonyl (C=O) groups is 1. The van der Waals surface area contributed by atoms with Crippen molar-refractivity contribution in [2.24, 2.45) is 0 Å². The molecule has 3 aromatic rings. The normalized spacial score (nSPS) is 11.1. The molecule has 3 N–H and O–H groups in total. The van der Waals surface area contributed by atoms with Crippen LogP contribution in [0.2, 0.25) is 0 Å². The van der Waals surface area contributed by atoms with Gasteiger partial charge in [-0.2, -0.15) is 4.98 Å². The standard InChI is InChI=1S/C21H28N6O5/c1-3-5-11-26-19(22)18(20(29)24-21(26)30)27(13-14-8-6-12-31-14)17(28)10-9-16-23-15(7-4-2)25-32-16/h6,8,12H,3-5,7,9-11,13,22H2,1-2H3,(H,24,29,30). The maximum Gasteiger partial charge on any atom is 0.330 e. The molecule has 0 aromatic carbocycles. The molecule has 0 saturated heterocycles.